The summed E-state index contributed by atoms with van der Waals surface area (Å²) in [7, 11) is -2.05. The normalized spacial score (nSPS) is 12.2. The summed E-state index contributed by atoms with van der Waals surface area (Å²) in [5.41, 5.74) is 1.39. The van der Waals surface area contributed by atoms with E-state index in [9.17, 15) is 13.2 Å². The molecular weight excluding hydrogens is 440 g/mol. The lowest BCUT2D eigenvalue weighted by atomic mass is 10.1. The van der Waals surface area contributed by atoms with Gasteiger partial charge < -0.3 is 14.8 Å². The molecule has 7 nitrogen and oxygen atoms in total. The third-order valence-corrected chi connectivity index (χ3v) is 6.15. The summed E-state index contributed by atoms with van der Waals surface area (Å²) in [6.45, 7) is 4.58. The summed E-state index contributed by atoms with van der Waals surface area (Å²) in [5.74, 6) is 1.09. The number of ether oxygens (including phenoxy) is 2. The molecule has 0 saturated heterocycles. The van der Waals surface area contributed by atoms with Gasteiger partial charge in [0.1, 0.15) is 11.5 Å². The first-order valence-electron chi connectivity index (χ1n) is 9.99. The SMILES string of the molecule is CCOc1ccc([C@@H](C)NC(=O)CCCN(c2ccc(OC)c(Cl)c2)S(C)(=O)=O)cc1. The van der Waals surface area contributed by atoms with Gasteiger partial charge in [0, 0.05) is 13.0 Å². The Morgan fingerprint density at radius 2 is 1.87 bits per heavy atom. The molecule has 0 radical (unpaired) electrons. The van der Waals surface area contributed by atoms with Crippen molar-refractivity contribution in [1.82, 2.24) is 5.32 Å². The van der Waals surface area contributed by atoms with Crippen molar-refractivity contribution in [2.24, 2.45) is 0 Å². The highest BCUT2D eigenvalue weighted by Gasteiger charge is 2.19. The molecule has 0 aliphatic rings. The van der Waals surface area contributed by atoms with Crippen molar-refractivity contribution < 1.29 is 22.7 Å². The molecule has 31 heavy (non-hydrogen) atoms. The first-order valence-corrected chi connectivity index (χ1v) is 12.2. The first-order chi connectivity index (χ1) is 14.7. The van der Waals surface area contributed by atoms with E-state index in [1.165, 1.54) is 17.5 Å². The Morgan fingerprint density at radius 3 is 2.42 bits per heavy atom. The van der Waals surface area contributed by atoms with Crippen molar-refractivity contribution in [3.63, 3.8) is 0 Å². The number of halogens is 1. The molecular formula is C22H29ClN2O5S. The fourth-order valence-electron chi connectivity index (χ4n) is 3.10. The number of methoxy groups -OCH3 is 1. The highest BCUT2D eigenvalue weighted by atomic mass is 35.5. The molecule has 1 N–H and O–H groups in total. The van der Waals surface area contributed by atoms with E-state index in [1.807, 2.05) is 38.1 Å². The largest absolute Gasteiger partial charge is 0.495 e. The van der Waals surface area contributed by atoms with E-state index < -0.39 is 10.0 Å². The molecule has 0 fully saturated rings. The lowest BCUT2D eigenvalue weighted by Crippen LogP contribution is -2.32. The Labute approximate surface area is 189 Å². The van der Waals surface area contributed by atoms with Crippen molar-refractivity contribution in [2.45, 2.75) is 32.7 Å². The van der Waals surface area contributed by atoms with Crippen LogP contribution in [0.3, 0.4) is 0 Å². The number of carbonyl (C=O) groups is 1. The molecule has 0 aliphatic heterocycles. The highest BCUT2D eigenvalue weighted by molar-refractivity contribution is 7.92. The van der Waals surface area contributed by atoms with Gasteiger partial charge in [-0.2, -0.15) is 0 Å². The minimum Gasteiger partial charge on any atom is -0.495 e. The van der Waals surface area contributed by atoms with Crippen LogP contribution in [0, 0.1) is 0 Å². The molecule has 0 bridgehead atoms. The standard InChI is InChI=1S/C22H29ClN2O5S/c1-5-30-19-11-8-17(9-12-19)16(2)24-22(26)7-6-14-25(31(4,27)28)18-10-13-21(29-3)20(23)15-18/h8-13,15-16H,5-7,14H2,1-4H3,(H,24,26)/t16-/m1/s1. The Kier molecular flexibility index (Phi) is 9.00. The van der Waals surface area contributed by atoms with Gasteiger partial charge in [0.2, 0.25) is 15.9 Å². The summed E-state index contributed by atoms with van der Waals surface area (Å²) >= 11 is 6.13. The second kappa shape index (κ2) is 11.2. The fourth-order valence-corrected chi connectivity index (χ4v) is 4.31. The van der Waals surface area contributed by atoms with Crippen LogP contribution < -0.4 is 19.1 Å². The molecule has 2 aromatic rings. The molecule has 0 unspecified atom stereocenters. The fraction of sp³-hybridized carbons (Fsp3) is 0.409. The van der Waals surface area contributed by atoms with Gasteiger partial charge in [-0.1, -0.05) is 23.7 Å². The van der Waals surface area contributed by atoms with Crippen molar-refractivity contribution in [1.29, 1.82) is 0 Å². The van der Waals surface area contributed by atoms with E-state index in [1.54, 1.807) is 12.1 Å². The summed E-state index contributed by atoms with van der Waals surface area (Å²) in [5, 5.41) is 3.25. The van der Waals surface area contributed by atoms with Crippen LogP contribution in [0.2, 0.25) is 5.02 Å². The molecule has 170 valence electrons. The lowest BCUT2D eigenvalue weighted by Gasteiger charge is -2.23. The molecule has 0 aromatic heterocycles. The van der Waals surface area contributed by atoms with Crippen LogP contribution in [0.25, 0.3) is 0 Å². The average Bonchev–Trinajstić information content (AvgIpc) is 2.71. The van der Waals surface area contributed by atoms with Gasteiger partial charge in [-0.25, -0.2) is 8.42 Å². The van der Waals surface area contributed by atoms with Gasteiger partial charge in [-0.3, -0.25) is 9.10 Å². The zero-order valence-electron chi connectivity index (χ0n) is 18.2. The van der Waals surface area contributed by atoms with Gasteiger partial charge in [0.05, 0.1) is 36.7 Å². The second-order valence-corrected chi connectivity index (χ2v) is 9.36. The van der Waals surface area contributed by atoms with E-state index in [0.717, 1.165) is 17.6 Å². The zero-order valence-corrected chi connectivity index (χ0v) is 19.8. The summed E-state index contributed by atoms with van der Waals surface area (Å²) in [6.07, 6.45) is 1.68. The number of nitrogens with zero attached hydrogens (tertiary/aromatic N) is 1. The van der Waals surface area contributed by atoms with Gasteiger partial charge >= 0.3 is 0 Å². The smallest absolute Gasteiger partial charge is 0.232 e. The zero-order chi connectivity index (χ0) is 23.0. The summed E-state index contributed by atoms with van der Waals surface area (Å²) in [6, 6.07) is 12.2. The molecule has 0 spiro atoms. The van der Waals surface area contributed by atoms with Crippen LogP contribution in [0.1, 0.15) is 38.3 Å². The van der Waals surface area contributed by atoms with Gasteiger partial charge in [-0.05, 0) is 56.2 Å². The lowest BCUT2D eigenvalue weighted by molar-refractivity contribution is -0.121. The number of amides is 1. The predicted octanol–water partition coefficient (Wildman–Crippen LogP) is 4.17. The van der Waals surface area contributed by atoms with Crippen LogP contribution in [-0.4, -0.2) is 40.8 Å². The Bertz CT molecular complexity index is 980. The molecule has 1 atom stereocenters. The van der Waals surface area contributed by atoms with E-state index >= 15 is 0 Å². The molecule has 0 saturated carbocycles. The number of sulfonamides is 1. The Hall–Kier alpha value is -2.45. The van der Waals surface area contributed by atoms with Crippen molar-refractivity contribution >= 4 is 33.2 Å². The Balaban J connectivity index is 1.94. The van der Waals surface area contributed by atoms with Crippen LogP contribution >= 0.6 is 11.6 Å². The van der Waals surface area contributed by atoms with Crippen molar-refractivity contribution in [2.75, 3.05) is 30.8 Å². The van der Waals surface area contributed by atoms with Crippen LogP contribution in [0.4, 0.5) is 5.69 Å². The second-order valence-electron chi connectivity index (χ2n) is 7.05. The maximum atomic E-state index is 12.4. The van der Waals surface area contributed by atoms with Crippen LogP contribution in [0.15, 0.2) is 42.5 Å². The third-order valence-electron chi connectivity index (χ3n) is 4.66. The molecule has 1 amide bonds. The summed E-state index contributed by atoms with van der Waals surface area (Å²) < 4.78 is 36.3. The number of hydrogen-bond acceptors (Lipinski definition) is 5. The molecule has 2 aromatic carbocycles. The van der Waals surface area contributed by atoms with E-state index in [4.69, 9.17) is 21.1 Å². The van der Waals surface area contributed by atoms with Crippen LogP contribution in [0.5, 0.6) is 11.5 Å². The van der Waals surface area contributed by atoms with E-state index in [2.05, 4.69) is 5.32 Å². The summed E-state index contributed by atoms with van der Waals surface area (Å²) in [4.78, 5) is 12.4. The van der Waals surface area contributed by atoms with Gasteiger partial charge in [0.25, 0.3) is 0 Å². The molecule has 0 heterocycles. The molecule has 2 rings (SSSR count). The maximum Gasteiger partial charge on any atom is 0.232 e. The maximum absolute atomic E-state index is 12.4. The number of carbonyl (C=O) groups excluding carboxylic acids is 1. The minimum atomic E-state index is -3.54. The topological polar surface area (TPSA) is 84.9 Å². The van der Waals surface area contributed by atoms with E-state index in [0.29, 0.717) is 29.5 Å². The Morgan fingerprint density at radius 1 is 1.19 bits per heavy atom. The molecule has 0 aliphatic carbocycles. The predicted molar refractivity (Wildman–Crippen MR) is 124 cm³/mol. The molecule has 9 heteroatoms. The number of hydrogen-bond donors (Lipinski definition) is 1. The average molecular weight is 469 g/mol. The first kappa shape index (κ1) is 24.8. The van der Waals surface area contributed by atoms with Crippen molar-refractivity contribution in [3.05, 3.63) is 53.1 Å². The quantitative estimate of drug-likeness (QED) is 0.535. The van der Waals surface area contributed by atoms with Gasteiger partial charge in [-0.15, -0.1) is 0 Å². The monoisotopic (exact) mass is 468 g/mol. The highest BCUT2D eigenvalue weighted by Crippen LogP contribution is 2.30. The minimum absolute atomic E-state index is 0.150. The van der Waals surface area contributed by atoms with Crippen LogP contribution in [-0.2, 0) is 14.8 Å². The number of benzene rings is 2. The van der Waals surface area contributed by atoms with Crippen molar-refractivity contribution in [3.8, 4) is 11.5 Å². The number of nitrogens with one attached hydrogen (secondary N) is 1. The van der Waals surface area contributed by atoms with E-state index in [-0.39, 0.29) is 24.9 Å². The van der Waals surface area contributed by atoms with Gasteiger partial charge in [0.15, 0.2) is 0 Å². The number of anilines is 1. The number of rotatable bonds is 11. The third kappa shape index (κ3) is 7.33.